The highest BCUT2D eigenvalue weighted by molar-refractivity contribution is 9.10. The zero-order chi connectivity index (χ0) is 13.5. The Balaban J connectivity index is 2.09. The second kappa shape index (κ2) is 4.76. The van der Waals surface area contributed by atoms with E-state index in [0.29, 0.717) is 0 Å². The van der Waals surface area contributed by atoms with E-state index >= 15 is 0 Å². The van der Waals surface area contributed by atoms with Crippen molar-refractivity contribution in [3.8, 4) is 5.75 Å². The van der Waals surface area contributed by atoms with Gasteiger partial charge >= 0.3 is 0 Å². The van der Waals surface area contributed by atoms with E-state index in [9.17, 15) is 0 Å². The Bertz CT molecular complexity index is 476. The van der Waals surface area contributed by atoms with Crippen molar-refractivity contribution < 1.29 is 9.47 Å². The van der Waals surface area contributed by atoms with Crippen LogP contribution in [0.4, 0.5) is 0 Å². The number of hydrogen-bond acceptors (Lipinski definition) is 3. The minimum atomic E-state index is 0.0368. The standard InChI is InChI=1S/C15H20BrNO2/c1-18-13-4-3-11(16)7-12(13)15(9-19-10-15)14(8-17)5-2-6-14/h3-4,7H,2,5-6,8-10,17H2,1H3. The molecular formula is C15H20BrNO2. The van der Waals surface area contributed by atoms with Gasteiger partial charge in [0, 0.05) is 10.0 Å². The largest absolute Gasteiger partial charge is 0.496 e. The molecule has 3 rings (SSSR count). The molecule has 1 aliphatic carbocycles. The summed E-state index contributed by atoms with van der Waals surface area (Å²) >= 11 is 3.57. The van der Waals surface area contributed by atoms with Gasteiger partial charge in [0.25, 0.3) is 0 Å². The van der Waals surface area contributed by atoms with Crippen LogP contribution in [0.25, 0.3) is 0 Å². The molecule has 0 bridgehead atoms. The van der Waals surface area contributed by atoms with Crippen molar-refractivity contribution >= 4 is 15.9 Å². The van der Waals surface area contributed by atoms with E-state index in [1.54, 1.807) is 7.11 Å². The van der Waals surface area contributed by atoms with Gasteiger partial charge in [-0.15, -0.1) is 0 Å². The molecule has 0 unspecified atom stereocenters. The number of ether oxygens (including phenoxy) is 2. The van der Waals surface area contributed by atoms with Crippen LogP contribution in [0.2, 0.25) is 0 Å². The average Bonchev–Trinajstić information content (AvgIpc) is 2.31. The van der Waals surface area contributed by atoms with E-state index in [1.165, 1.54) is 24.8 Å². The van der Waals surface area contributed by atoms with Gasteiger partial charge in [0.05, 0.1) is 25.7 Å². The number of nitrogens with two attached hydrogens (primary N) is 1. The lowest BCUT2D eigenvalue weighted by molar-refractivity contribution is -0.154. The molecular weight excluding hydrogens is 306 g/mol. The Hall–Kier alpha value is -0.580. The molecule has 1 aliphatic heterocycles. The molecule has 0 amide bonds. The second-order valence-electron chi connectivity index (χ2n) is 5.76. The molecule has 19 heavy (non-hydrogen) atoms. The molecule has 3 nitrogen and oxygen atoms in total. The van der Waals surface area contributed by atoms with Crippen LogP contribution in [0, 0.1) is 5.41 Å². The van der Waals surface area contributed by atoms with E-state index in [0.717, 1.165) is 30.0 Å². The minimum Gasteiger partial charge on any atom is -0.496 e. The van der Waals surface area contributed by atoms with E-state index in [-0.39, 0.29) is 10.8 Å². The van der Waals surface area contributed by atoms with Crippen LogP contribution in [0.15, 0.2) is 22.7 Å². The van der Waals surface area contributed by atoms with Gasteiger partial charge in [0.2, 0.25) is 0 Å². The highest BCUT2D eigenvalue weighted by Gasteiger charge is 2.59. The monoisotopic (exact) mass is 325 g/mol. The highest BCUT2D eigenvalue weighted by atomic mass is 79.9. The van der Waals surface area contributed by atoms with Crippen molar-refractivity contribution in [2.24, 2.45) is 11.1 Å². The number of rotatable bonds is 4. The summed E-state index contributed by atoms with van der Waals surface area (Å²) in [5.41, 5.74) is 7.60. The molecule has 1 aromatic carbocycles. The van der Waals surface area contributed by atoms with Gasteiger partial charge in [-0.25, -0.2) is 0 Å². The van der Waals surface area contributed by atoms with Crippen LogP contribution in [0.3, 0.4) is 0 Å². The number of hydrogen-bond donors (Lipinski definition) is 1. The lowest BCUT2D eigenvalue weighted by Crippen LogP contribution is -2.64. The first-order valence-electron chi connectivity index (χ1n) is 6.79. The summed E-state index contributed by atoms with van der Waals surface area (Å²) in [5, 5.41) is 0. The maximum atomic E-state index is 6.12. The van der Waals surface area contributed by atoms with Crippen molar-refractivity contribution in [1.82, 2.24) is 0 Å². The molecule has 4 heteroatoms. The lowest BCUT2D eigenvalue weighted by Gasteiger charge is -2.60. The summed E-state index contributed by atoms with van der Waals surface area (Å²) in [6.07, 6.45) is 3.67. The predicted octanol–water partition coefficient (Wildman–Crippen LogP) is 2.85. The van der Waals surface area contributed by atoms with E-state index in [2.05, 4.69) is 22.0 Å². The van der Waals surface area contributed by atoms with E-state index < -0.39 is 0 Å². The third-order valence-electron chi connectivity index (χ3n) is 5.09. The van der Waals surface area contributed by atoms with Crippen molar-refractivity contribution in [3.63, 3.8) is 0 Å². The average molecular weight is 326 g/mol. The van der Waals surface area contributed by atoms with Gasteiger partial charge in [0.1, 0.15) is 5.75 Å². The van der Waals surface area contributed by atoms with Gasteiger partial charge < -0.3 is 15.2 Å². The highest BCUT2D eigenvalue weighted by Crippen LogP contribution is 2.59. The topological polar surface area (TPSA) is 44.5 Å². The second-order valence-corrected chi connectivity index (χ2v) is 6.67. The van der Waals surface area contributed by atoms with Crippen LogP contribution in [-0.4, -0.2) is 26.9 Å². The molecule has 0 spiro atoms. The van der Waals surface area contributed by atoms with E-state index in [4.69, 9.17) is 15.2 Å². The van der Waals surface area contributed by atoms with Crippen LogP contribution < -0.4 is 10.5 Å². The molecule has 1 aromatic rings. The van der Waals surface area contributed by atoms with Gasteiger partial charge in [-0.1, -0.05) is 22.4 Å². The number of halogens is 1. The Kier molecular flexibility index (Phi) is 3.36. The SMILES string of the molecule is COc1ccc(Br)cc1C1(C2(CN)CCC2)COC1. The molecule has 0 aromatic heterocycles. The van der Waals surface area contributed by atoms with Crippen LogP contribution in [0.1, 0.15) is 24.8 Å². The number of methoxy groups -OCH3 is 1. The smallest absolute Gasteiger partial charge is 0.122 e. The van der Waals surface area contributed by atoms with Crippen molar-refractivity contribution in [2.75, 3.05) is 26.9 Å². The molecule has 1 saturated carbocycles. The first kappa shape index (κ1) is 13.4. The Morgan fingerprint density at radius 1 is 1.37 bits per heavy atom. The molecule has 0 radical (unpaired) electrons. The first-order valence-corrected chi connectivity index (χ1v) is 7.59. The van der Waals surface area contributed by atoms with Gasteiger partial charge in [-0.2, -0.15) is 0 Å². The first-order chi connectivity index (χ1) is 9.17. The maximum absolute atomic E-state index is 6.12. The Morgan fingerprint density at radius 2 is 2.11 bits per heavy atom. The van der Waals surface area contributed by atoms with Gasteiger partial charge in [-0.05, 0) is 43.0 Å². The predicted molar refractivity (Wildman–Crippen MR) is 78.5 cm³/mol. The quantitative estimate of drug-likeness (QED) is 0.925. The van der Waals surface area contributed by atoms with Crippen molar-refractivity contribution in [3.05, 3.63) is 28.2 Å². The fourth-order valence-corrected chi connectivity index (χ4v) is 3.95. The normalized spacial score (nSPS) is 23.3. The maximum Gasteiger partial charge on any atom is 0.122 e. The summed E-state index contributed by atoms with van der Waals surface area (Å²) in [4.78, 5) is 0. The molecule has 104 valence electrons. The van der Waals surface area contributed by atoms with Crippen molar-refractivity contribution in [2.45, 2.75) is 24.7 Å². The van der Waals surface area contributed by atoms with Crippen LogP contribution in [0.5, 0.6) is 5.75 Å². The zero-order valence-electron chi connectivity index (χ0n) is 11.2. The fourth-order valence-electron chi connectivity index (χ4n) is 3.59. The zero-order valence-corrected chi connectivity index (χ0v) is 12.8. The third kappa shape index (κ3) is 1.77. The molecule has 1 saturated heterocycles. The fraction of sp³-hybridized carbons (Fsp3) is 0.600. The van der Waals surface area contributed by atoms with Gasteiger partial charge in [-0.3, -0.25) is 0 Å². The number of benzene rings is 1. The Morgan fingerprint density at radius 3 is 2.53 bits per heavy atom. The van der Waals surface area contributed by atoms with Crippen LogP contribution in [-0.2, 0) is 10.2 Å². The van der Waals surface area contributed by atoms with Crippen LogP contribution >= 0.6 is 15.9 Å². The molecule has 2 aliphatic rings. The molecule has 1 heterocycles. The summed E-state index contributed by atoms with van der Waals surface area (Å²) in [7, 11) is 1.73. The molecule has 2 N–H and O–H groups in total. The third-order valence-corrected chi connectivity index (χ3v) is 5.58. The summed E-state index contributed by atoms with van der Waals surface area (Å²) in [6.45, 7) is 2.25. The summed E-state index contributed by atoms with van der Waals surface area (Å²) in [5.74, 6) is 0.950. The molecule has 0 atom stereocenters. The molecule has 2 fully saturated rings. The summed E-state index contributed by atoms with van der Waals surface area (Å²) in [6, 6.07) is 6.23. The summed E-state index contributed by atoms with van der Waals surface area (Å²) < 4.78 is 12.2. The Labute approximate surface area is 122 Å². The van der Waals surface area contributed by atoms with Crippen molar-refractivity contribution in [1.29, 1.82) is 0 Å². The van der Waals surface area contributed by atoms with Gasteiger partial charge in [0.15, 0.2) is 0 Å². The minimum absolute atomic E-state index is 0.0368. The van der Waals surface area contributed by atoms with E-state index in [1.807, 2.05) is 12.1 Å². The lowest BCUT2D eigenvalue weighted by atomic mass is 9.49.